The highest BCUT2D eigenvalue weighted by Gasteiger charge is 2.18. The van der Waals surface area contributed by atoms with E-state index in [1.54, 1.807) is 7.11 Å². The Hall–Kier alpha value is -2.82. The van der Waals surface area contributed by atoms with Gasteiger partial charge in [-0.3, -0.25) is 0 Å². The van der Waals surface area contributed by atoms with Crippen molar-refractivity contribution in [3.63, 3.8) is 0 Å². The first kappa shape index (κ1) is 17.0. The number of para-hydroxylation sites is 2. The topological polar surface area (TPSA) is 60.2 Å². The van der Waals surface area contributed by atoms with E-state index >= 15 is 0 Å². The molecular weight excluding hydrogens is 314 g/mol. The molecule has 0 saturated heterocycles. The molecule has 1 aromatic heterocycles. The second-order valence-corrected chi connectivity index (χ2v) is 6.85. The summed E-state index contributed by atoms with van der Waals surface area (Å²) in [6.07, 6.45) is 0. The fourth-order valence-electron chi connectivity index (χ4n) is 2.72. The average Bonchev–Trinajstić information content (AvgIpc) is 3.08. The molecule has 2 aromatic carbocycles. The molecular formula is C20H23N3O2. The number of ether oxygens (including phenoxy) is 1. The van der Waals surface area contributed by atoms with E-state index in [0.29, 0.717) is 24.1 Å². The molecule has 1 N–H and O–H groups in total. The lowest BCUT2D eigenvalue weighted by Gasteiger charge is -2.23. The normalized spacial score (nSPS) is 11.4. The zero-order chi connectivity index (χ0) is 17.9. The zero-order valence-electron chi connectivity index (χ0n) is 15.0. The van der Waals surface area contributed by atoms with Gasteiger partial charge >= 0.3 is 0 Å². The van der Waals surface area contributed by atoms with Crippen LogP contribution in [0.25, 0.3) is 11.5 Å². The number of benzene rings is 2. The summed E-state index contributed by atoms with van der Waals surface area (Å²) >= 11 is 0. The lowest BCUT2D eigenvalue weighted by molar-refractivity contribution is 0.413. The van der Waals surface area contributed by atoms with Crippen molar-refractivity contribution in [2.24, 2.45) is 0 Å². The second kappa shape index (κ2) is 6.97. The summed E-state index contributed by atoms with van der Waals surface area (Å²) in [6, 6.07) is 15.9. The standard InChI is InChI=1S/C20H23N3O2/c1-20(2,3)15-10-6-7-11-16(15)21-13-18-22-23-19(25-18)14-9-5-8-12-17(14)24-4/h5-12,21H,13H2,1-4H3. The maximum absolute atomic E-state index is 5.79. The summed E-state index contributed by atoms with van der Waals surface area (Å²) in [5, 5.41) is 11.7. The summed E-state index contributed by atoms with van der Waals surface area (Å²) in [4.78, 5) is 0. The van der Waals surface area contributed by atoms with Gasteiger partial charge in [0.25, 0.3) is 5.89 Å². The van der Waals surface area contributed by atoms with Gasteiger partial charge in [0, 0.05) is 5.69 Å². The fraction of sp³-hybridized carbons (Fsp3) is 0.300. The number of methoxy groups -OCH3 is 1. The third-order valence-electron chi connectivity index (χ3n) is 3.97. The molecule has 130 valence electrons. The van der Waals surface area contributed by atoms with E-state index in [1.807, 2.05) is 30.3 Å². The molecule has 0 spiro atoms. The van der Waals surface area contributed by atoms with Crippen LogP contribution in [0.5, 0.6) is 5.75 Å². The van der Waals surface area contributed by atoms with Crippen LogP contribution in [0.1, 0.15) is 32.2 Å². The SMILES string of the molecule is COc1ccccc1-c1nnc(CNc2ccccc2C(C)(C)C)o1. The minimum absolute atomic E-state index is 0.0565. The minimum Gasteiger partial charge on any atom is -0.496 e. The smallest absolute Gasteiger partial charge is 0.251 e. The number of hydrogen-bond donors (Lipinski definition) is 1. The predicted octanol–water partition coefficient (Wildman–Crippen LogP) is 4.65. The molecule has 0 saturated carbocycles. The van der Waals surface area contributed by atoms with Gasteiger partial charge in [0.2, 0.25) is 5.89 Å². The van der Waals surface area contributed by atoms with Crippen molar-refractivity contribution in [2.45, 2.75) is 32.7 Å². The molecule has 0 atom stereocenters. The quantitative estimate of drug-likeness (QED) is 0.734. The van der Waals surface area contributed by atoms with Crippen molar-refractivity contribution in [1.82, 2.24) is 10.2 Å². The van der Waals surface area contributed by atoms with E-state index in [9.17, 15) is 0 Å². The minimum atomic E-state index is 0.0565. The maximum Gasteiger partial charge on any atom is 0.251 e. The predicted molar refractivity (Wildman–Crippen MR) is 98.8 cm³/mol. The first-order valence-corrected chi connectivity index (χ1v) is 8.28. The Morgan fingerprint density at radius 3 is 2.48 bits per heavy atom. The number of rotatable bonds is 5. The van der Waals surface area contributed by atoms with Crippen LogP contribution in [0.3, 0.4) is 0 Å². The van der Waals surface area contributed by atoms with Crippen molar-refractivity contribution < 1.29 is 9.15 Å². The van der Waals surface area contributed by atoms with Crippen LogP contribution in [0, 0.1) is 0 Å². The van der Waals surface area contributed by atoms with Gasteiger partial charge < -0.3 is 14.5 Å². The van der Waals surface area contributed by atoms with E-state index in [1.165, 1.54) is 5.56 Å². The first-order chi connectivity index (χ1) is 12.0. The van der Waals surface area contributed by atoms with Crippen molar-refractivity contribution >= 4 is 5.69 Å². The van der Waals surface area contributed by atoms with E-state index in [4.69, 9.17) is 9.15 Å². The number of nitrogens with zero attached hydrogens (tertiary/aromatic N) is 2. The molecule has 5 heteroatoms. The molecule has 0 aliphatic rings. The van der Waals surface area contributed by atoms with E-state index < -0.39 is 0 Å². The highest BCUT2D eigenvalue weighted by Crippen LogP contribution is 2.30. The van der Waals surface area contributed by atoms with Gasteiger partial charge in [0.15, 0.2) is 0 Å². The summed E-state index contributed by atoms with van der Waals surface area (Å²) in [5.74, 6) is 1.70. The average molecular weight is 337 g/mol. The molecule has 1 heterocycles. The van der Waals surface area contributed by atoms with Crippen molar-refractivity contribution in [1.29, 1.82) is 0 Å². The monoisotopic (exact) mass is 337 g/mol. The molecule has 3 aromatic rings. The van der Waals surface area contributed by atoms with Crippen LogP contribution >= 0.6 is 0 Å². The van der Waals surface area contributed by atoms with Crippen LogP contribution in [-0.2, 0) is 12.0 Å². The lowest BCUT2D eigenvalue weighted by atomic mass is 9.86. The van der Waals surface area contributed by atoms with Gasteiger partial charge in [0.1, 0.15) is 5.75 Å². The molecule has 0 radical (unpaired) electrons. The Morgan fingerprint density at radius 2 is 1.72 bits per heavy atom. The molecule has 5 nitrogen and oxygen atoms in total. The van der Waals surface area contributed by atoms with E-state index in [-0.39, 0.29) is 5.41 Å². The molecule has 0 amide bonds. The van der Waals surface area contributed by atoms with Crippen LogP contribution in [0.2, 0.25) is 0 Å². The van der Waals surface area contributed by atoms with Crippen LogP contribution in [0.15, 0.2) is 52.9 Å². The Kier molecular flexibility index (Phi) is 4.74. The maximum atomic E-state index is 5.79. The Bertz CT molecular complexity index is 850. The van der Waals surface area contributed by atoms with Gasteiger partial charge in [-0.05, 0) is 29.2 Å². The van der Waals surface area contributed by atoms with Crippen molar-refractivity contribution in [3.05, 3.63) is 60.0 Å². The molecule has 3 rings (SSSR count). The van der Waals surface area contributed by atoms with Gasteiger partial charge in [0.05, 0.1) is 19.2 Å². The summed E-state index contributed by atoms with van der Waals surface area (Å²) < 4.78 is 11.1. The van der Waals surface area contributed by atoms with Crippen LogP contribution < -0.4 is 10.1 Å². The van der Waals surface area contributed by atoms with E-state index in [0.717, 1.165) is 11.3 Å². The Morgan fingerprint density at radius 1 is 1.00 bits per heavy atom. The third-order valence-corrected chi connectivity index (χ3v) is 3.97. The van der Waals surface area contributed by atoms with Crippen molar-refractivity contribution in [2.75, 3.05) is 12.4 Å². The Labute approximate surface area is 148 Å². The lowest BCUT2D eigenvalue weighted by Crippen LogP contribution is -2.14. The van der Waals surface area contributed by atoms with E-state index in [2.05, 4.69) is 54.5 Å². The first-order valence-electron chi connectivity index (χ1n) is 8.28. The van der Waals surface area contributed by atoms with Gasteiger partial charge in [-0.2, -0.15) is 0 Å². The summed E-state index contributed by atoms with van der Waals surface area (Å²) in [7, 11) is 1.63. The van der Waals surface area contributed by atoms with Gasteiger partial charge in [-0.25, -0.2) is 0 Å². The van der Waals surface area contributed by atoms with Crippen LogP contribution in [0.4, 0.5) is 5.69 Å². The largest absolute Gasteiger partial charge is 0.496 e. The molecule has 25 heavy (non-hydrogen) atoms. The Balaban J connectivity index is 1.77. The molecule has 0 fully saturated rings. The summed E-state index contributed by atoms with van der Waals surface area (Å²) in [6.45, 7) is 7.05. The highest BCUT2D eigenvalue weighted by molar-refractivity contribution is 5.62. The fourth-order valence-corrected chi connectivity index (χ4v) is 2.72. The van der Waals surface area contributed by atoms with Gasteiger partial charge in [-0.1, -0.05) is 51.1 Å². The third kappa shape index (κ3) is 3.82. The molecule has 0 aliphatic heterocycles. The number of aromatic nitrogens is 2. The highest BCUT2D eigenvalue weighted by atomic mass is 16.5. The zero-order valence-corrected chi connectivity index (χ0v) is 15.0. The summed E-state index contributed by atoms with van der Waals surface area (Å²) in [5.41, 5.74) is 3.17. The molecule has 0 unspecified atom stereocenters. The van der Waals surface area contributed by atoms with Gasteiger partial charge in [-0.15, -0.1) is 10.2 Å². The molecule has 0 aliphatic carbocycles. The second-order valence-electron chi connectivity index (χ2n) is 6.85. The number of nitrogens with one attached hydrogen (secondary N) is 1. The van der Waals surface area contributed by atoms with Crippen LogP contribution in [-0.4, -0.2) is 17.3 Å². The number of hydrogen-bond acceptors (Lipinski definition) is 5. The van der Waals surface area contributed by atoms with Crippen molar-refractivity contribution in [3.8, 4) is 17.2 Å². The molecule has 0 bridgehead atoms. The number of anilines is 1.